The van der Waals surface area contributed by atoms with Crippen LogP contribution in [-0.4, -0.2) is 36.5 Å². The zero-order valence-corrected chi connectivity index (χ0v) is 5.97. The zero-order chi connectivity index (χ0) is 6.97. The summed E-state index contributed by atoms with van der Waals surface area (Å²) in [5, 5.41) is 2.87. The molecule has 0 aromatic heterocycles. The Morgan fingerprint density at radius 3 is 3.40 bits per heavy atom. The quantitative estimate of drug-likeness (QED) is 0.495. The van der Waals surface area contributed by atoms with E-state index in [0.717, 1.165) is 13.1 Å². The second kappa shape index (κ2) is 2.23. The van der Waals surface area contributed by atoms with Gasteiger partial charge in [-0.05, 0) is 19.4 Å². The summed E-state index contributed by atoms with van der Waals surface area (Å²) < 4.78 is 0. The topological polar surface area (TPSA) is 32.3 Å². The predicted molar refractivity (Wildman–Crippen MR) is 37.6 cm³/mol. The van der Waals surface area contributed by atoms with Crippen LogP contribution in [0.4, 0.5) is 0 Å². The predicted octanol–water partition coefficient (Wildman–Crippen LogP) is -0.419. The molecule has 0 aliphatic carbocycles. The minimum absolute atomic E-state index is 0.193. The molecule has 3 heteroatoms. The van der Waals surface area contributed by atoms with E-state index >= 15 is 0 Å². The van der Waals surface area contributed by atoms with Crippen molar-refractivity contribution >= 4 is 5.91 Å². The highest BCUT2D eigenvalue weighted by atomic mass is 16.2. The van der Waals surface area contributed by atoms with E-state index in [1.165, 1.54) is 12.8 Å². The van der Waals surface area contributed by atoms with Crippen molar-refractivity contribution in [2.75, 3.05) is 19.6 Å². The Hall–Kier alpha value is -0.570. The molecule has 2 saturated heterocycles. The summed E-state index contributed by atoms with van der Waals surface area (Å²) in [4.78, 5) is 13.1. The highest BCUT2D eigenvalue weighted by Gasteiger charge is 2.29. The van der Waals surface area contributed by atoms with Gasteiger partial charge >= 0.3 is 0 Å². The first-order valence-electron chi connectivity index (χ1n) is 3.87. The Labute approximate surface area is 60.4 Å². The van der Waals surface area contributed by atoms with Crippen LogP contribution in [0.3, 0.4) is 0 Å². The van der Waals surface area contributed by atoms with E-state index in [4.69, 9.17) is 0 Å². The normalized spacial score (nSPS) is 33.6. The van der Waals surface area contributed by atoms with E-state index in [2.05, 4.69) is 10.2 Å². The van der Waals surface area contributed by atoms with E-state index in [9.17, 15) is 4.79 Å². The van der Waals surface area contributed by atoms with Gasteiger partial charge < -0.3 is 5.32 Å². The van der Waals surface area contributed by atoms with Crippen molar-refractivity contribution in [3.63, 3.8) is 0 Å². The first-order chi connectivity index (χ1) is 4.86. The molecule has 2 aliphatic rings. The Morgan fingerprint density at radius 2 is 2.50 bits per heavy atom. The van der Waals surface area contributed by atoms with Gasteiger partial charge in [-0.15, -0.1) is 0 Å². The second-order valence-electron chi connectivity index (χ2n) is 3.07. The van der Waals surface area contributed by atoms with Crippen molar-refractivity contribution in [3.05, 3.63) is 0 Å². The number of piperazine rings is 1. The maximum atomic E-state index is 10.9. The molecule has 0 aromatic carbocycles. The third-order valence-electron chi connectivity index (χ3n) is 2.38. The summed E-state index contributed by atoms with van der Waals surface area (Å²) in [5.41, 5.74) is 0. The molecule has 0 bridgehead atoms. The highest BCUT2D eigenvalue weighted by Crippen LogP contribution is 2.17. The third-order valence-corrected chi connectivity index (χ3v) is 2.38. The number of fused-ring (bicyclic) bond motifs is 1. The fourth-order valence-electron chi connectivity index (χ4n) is 1.81. The number of carbonyl (C=O) groups excluding carboxylic acids is 1. The summed E-state index contributed by atoms with van der Waals surface area (Å²) in [5.74, 6) is 0.193. The van der Waals surface area contributed by atoms with Gasteiger partial charge in [-0.3, -0.25) is 9.69 Å². The van der Waals surface area contributed by atoms with E-state index in [0.29, 0.717) is 12.6 Å². The third kappa shape index (κ3) is 0.904. The minimum atomic E-state index is 0.193. The number of nitrogens with zero attached hydrogens (tertiary/aromatic N) is 1. The monoisotopic (exact) mass is 140 g/mol. The van der Waals surface area contributed by atoms with Gasteiger partial charge in [-0.1, -0.05) is 0 Å². The Kier molecular flexibility index (Phi) is 1.38. The van der Waals surface area contributed by atoms with Crippen LogP contribution in [0.2, 0.25) is 0 Å². The first kappa shape index (κ1) is 6.16. The van der Waals surface area contributed by atoms with Gasteiger partial charge in [-0.2, -0.15) is 0 Å². The fourth-order valence-corrected chi connectivity index (χ4v) is 1.81. The summed E-state index contributed by atoms with van der Waals surface area (Å²) in [6, 6.07) is 0.651. The summed E-state index contributed by atoms with van der Waals surface area (Å²) in [6.07, 6.45) is 2.53. The van der Waals surface area contributed by atoms with E-state index in [1.807, 2.05) is 0 Å². The first-order valence-corrected chi connectivity index (χ1v) is 3.87. The van der Waals surface area contributed by atoms with E-state index in [1.54, 1.807) is 0 Å². The van der Waals surface area contributed by atoms with E-state index < -0.39 is 0 Å². The standard InChI is InChI=1S/C7H12N2O/c10-7-5-9-3-1-2-6(9)4-8-7/h6H,1-5H2,(H,8,10)/t6-/m0/s1. The maximum absolute atomic E-state index is 10.9. The van der Waals surface area contributed by atoms with Crippen LogP contribution in [0.25, 0.3) is 0 Å². The van der Waals surface area contributed by atoms with E-state index in [-0.39, 0.29) is 5.91 Å². The number of nitrogens with one attached hydrogen (secondary N) is 1. The van der Waals surface area contributed by atoms with Crippen molar-refractivity contribution in [1.29, 1.82) is 0 Å². The molecule has 0 unspecified atom stereocenters. The summed E-state index contributed by atoms with van der Waals surface area (Å²) in [6.45, 7) is 2.63. The fraction of sp³-hybridized carbons (Fsp3) is 0.857. The lowest BCUT2D eigenvalue weighted by Gasteiger charge is -2.28. The van der Waals surface area contributed by atoms with Gasteiger partial charge in [0, 0.05) is 12.6 Å². The number of rotatable bonds is 0. The molecule has 1 amide bonds. The molecule has 0 saturated carbocycles. The Morgan fingerprint density at radius 1 is 1.60 bits per heavy atom. The van der Waals surface area contributed by atoms with Crippen LogP contribution in [0.15, 0.2) is 0 Å². The highest BCUT2D eigenvalue weighted by molar-refractivity contribution is 5.78. The van der Waals surface area contributed by atoms with Crippen molar-refractivity contribution in [1.82, 2.24) is 10.2 Å². The molecule has 2 rings (SSSR count). The van der Waals surface area contributed by atoms with Gasteiger partial charge in [0.15, 0.2) is 0 Å². The van der Waals surface area contributed by atoms with Crippen LogP contribution in [-0.2, 0) is 4.79 Å². The molecule has 1 atom stereocenters. The molecule has 2 heterocycles. The van der Waals surface area contributed by atoms with Crippen LogP contribution in [0.5, 0.6) is 0 Å². The van der Waals surface area contributed by atoms with Gasteiger partial charge in [0.2, 0.25) is 5.91 Å². The lowest BCUT2D eigenvalue weighted by atomic mass is 10.2. The van der Waals surface area contributed by atoms with Crippen molar-refractivity contribution < 1.29 is 4.79 Å². The molecular weight excluding hydrogens is 128 g/mol. The van der Waals surface area contributed by atoms with Crippen LogP contribution in [0.1, 0.15) is 12.8 Å². The van der Waals surface area contributed by atoms with Crippen LogP contribution < -0.4 is 5.32 Å². The van der Waals surface area contributed by atoms with Gasteiger partial charge in [0.1, 0.15) is 0 Å². The minimum Gasteiger partial charge on any atom is -0.353 e. The molecule has 0 radical (unpaired) electrons. The Bertz CT molecular complexity index is 158. The average Bonchev–Trinajstić information content (AvgIpc) is 2.33. The summed E-state index contributed by atoms with van der Waals surface area (Å²) in [7, 11) is 0. The van der Waals surface area contributed by atoms with Crippen molar-refractivity contribution in [2.24, 2.45) is 0 Å². The number of amides is 1. The number of hydrogen-bond acceptors (Lipinski definition) is 2. The lowest BCUT2D eigenvalue weighted by molar-refractivity contribution is -0.124. The molecule has 1 N–H and O–H groups in total. The molecule has 3 nitrogen and oxygen atoms in total. The molecule has 2 fully saturated rings. The molecule has 0 spiro atoms. The van der Waals surface area contributed by atoms with Gasteiger partial charge in [-0.25, -0.2) is 0 Å². The smallest absolute Gasteiger partial charge is 0.234 e. The number of carbonyl (C=O) groups is 1. The maximum Gasteiger partial charge on any atom is 0.234 e. The van der Waals surface area contributed by atoms with Crippen LogP contribution in [0, 0.1) is 0 Å². The van der Waals surface area contributed by atoms with Gasteiger partial charge in [0.05, 0.1) is 6.54 Å². The SMILES string of the molecule is O=C1CN2CCC[C@H]2CN1. The molecular formula is C7H12N2O. The molecule has 2 aliphatic heterocycles. The average molecular weight is 140 g/mol. The van der Waals surface area contributed by atoms with Crippen molar-refractivity contribution in [2.45, 2.75) is 18.9 Å². The van der Waals surface area contributed by atoms with Crippen molar-refractivity contribution in [3.8, 4) is 0 Å². The second-order valence-corrected chi connectivity index (χ2v) is 3.07. The van der Waals surface area contributed by atoms with Crippen LogP contribution >= 0.6 is 0 Å². The number of hydrogen-bond donors (Lipinski definition) is 1. The molecule has 56 valence electrons. The molecule has 10 heavy (non-hydrogen) atoms. The van der Waals surface area contributed by atoms with Gasteiger partial charge in [0.25, 0.3) is 0 Å². The zero-order valence-electron chi connectivity index (χ0n) is 5.97. The Balaban J connectivity index is 2.03. The largest absolute Gasteiger partial charge is 0.353 e. The summed E-state index contributed by atoms with van der Waals surface area (Å²) >= 11 is 0. The molecule has 0 aromatic rings. The lowest BCUT2D eigenvalue weighted by Crippen LogP contribution is -2.51.